The zero-order valence-electron chi connectivity index (χ0n) is 16.1. The fourth-order valence-electron chi connectivity index (χ4n) is 3.16. The van der Waals surface area contributed by atoms with Crippen molar-refractivity contribution in [3.63, 3.8) is 0 Å². The molecule has 5 rings (SSSR count). The highest BCUT2D eigenvalue weighted by Gasteiger charge is 2.15. The van der Waals surface area contributed by atoms with Crippen LogP contribution in [0.4, 0.5) is 5.69 Å². The first-order valence-corrected chi connectivity index (χ1v) is 9.45. The van der Waals surface area contributed by atoms with Gasteiger partial charge in [0.15, 0.2) is 5.76 Å². The van der Waals surface area contributed by atoms with Gasteiger partial charge < -0.3 is 13.7 Å². The van der Waals surface area contributed by atoms with Gasteiger partial charge in [0.1, 0.15) is 18.1 Å². The highest BCUT2D eigenvalue weighted by atomic mass is 16.6. The summed E-state index contributed by atoms with van der Waals surface area (Å²) in [5, 5.41) is 16.9. The molecule has 0 unspecified atom stereocenters. The summed E-state index contributed by atoms with van der Waals surface area (Å²) in [6.45, 7) is 0.252. The van der Waals surface area contributed by atoms with E-state index in [0.717, 1.165) is 16.5 Å². The Kier molecular flexibility index (Phi) is 4.64. The first-order chi connectivity index (χ1) is 15.2. The van der Waals surface area contributed by atoms with E-state index >= 15 is 0 Å². The Morgan fingerprint density at radius 1 is 0.935 bits per heavy atom. The average molecular weight is 413 g/mol. The Bertz CT molecular complexity index is 1370. The third kappa shape index (κ3) is 3.86. The maximum Gasteiger partial charge on any atom is 0.293 e. The number of nitro benzene ring substituents is 1. The third-order valence-corrected chi connectivity index (χ3v) is 4.74. The number of nitro groups is 1. The summed E-state index contributed by atoms with van der Waals surface area (Å²) < 4.78 is 16.9. The first-order valence-electron chi connectivity index (χ1n) is 9.45. The van der Waals surface area contributed by atoms with Crippen molar-refractivity contribution in [3.05, 3.63) is 94.7 Å². The van der Waals surface area contributed by atoms with Crippen molar-refractivity contribution in [2.24, 2.45) is 0 Å². The molecule has 2 heterocycles. The van der Waals surface area contributed by atoms with Gasteiger partial charge in [-0.2, -0.15) is 4.98 Å². The monoisotopic (exact) mass is 413 g/mol. The fourth-order valence-corrected chi connectivity index (χ4v) is 3.16. The van der Waals surface area contributed by atoms with Gasteiger partial charge in [0, 0.05) is 17.7 Å². The molecule has 5 aromatic rings. The van der Waals surface area contributed by atoms with Crippen LogP contribution in [0.5, 0.6) is 5.75 Å². The molecule has 0 fully saturated rings. The van der Waals surface area contributed by atoms with E-state index in [1.54, 1.807) is 24.3 Å². The van der Waals surface area contributed by atoms with Crippen LogP contribution in [-0.4, -0.2) is 15.1 Å². The molecule has 2 aromatic heterocycles. The molecule has 3 aromatic carbocycles. The Balaban J connectivity index is 1.28. The van der Waals surface area contributed by atoms with Gasteiger partial charge in [0.05, 0.1) is 4.92 Å². The number of ether oxygens (including phenoxy) is 1. The van der Waals surface area contributed by atoms with E-state index in [4.69, 9.17) is 13.7 Å². The number of rotatable bonds is 6. The van der Waals surface area contributed by atoms with Crippen molar-refractivity contribution < 1.29 is 18.6 Å². The van der Waals surface area contributed by atoms with E-state index < -0.39 is 4.92 Å². The maximum absolute atomic E-state index is 10.8. The fraction of sp³-hybridized carbons (Fsp3) is 0.0435. The summed E-state index contributed by atoms with van der Waals surface area (Å²) in [6, 6.07) is 23.4. The quantitative estimate of drug-likeness (QED) is 0.262. The van der Waals surface area contributed by atoms with E-state index in [1.165, 1.54) is 12.1 Å². The van der Waals surface area contributed by atoms with Crippen molar-refractivity contribution in [1.82, 2.24) is 10.1 Å². The Morgan fingerprint density at radius 2 is 1.74 bits per heavy atom. The van der Waals surface area contributed by atoms with Crippen LogP contribution in [0.2, 0.25) is 0 Å². The predicted octanol–water partition coefficient (Wildman–Crippen LogP) is 5.64. The summed E-state index contributed by atoms with van der Waals surface area (Å²) in [4.78, 5) is 14.6. The summed E-state index contributed by atoms with van der Waals surface area (Å²) in [5.41, 5.74) is 0.599. The molecule has 0 N–H and O–H groups in total. The highest BCUT2D eigenvalue weighted by Crippen LogP contribution is 2.26. The topological polar surface area (TPSA) is 104 Å². The second-order valence-electron chi connectivity index (χ2n) is 6.79. The van der Waals surface area contributed by atoms with Gasteiger partial charge in [-0.1, -0.05) is 35.5 Å². The summed E-state index contributed by atoms with van der Waals surface area (Å²) in [5.74, 6) is 2.30. The number of benzene rings is 3. The predicted molar refractivity (Wildman–Crippen MR) is 112 cm³/mol. The molecule has 0 radical (unpaired) electrons. The lowest BCUT2D eigenvalue weighted by molar-refractivity contribution is -0.384. The van der Waals surface area contributed by atoms with Gasteiger partial charge in [-0.3, -0.25) is 10.1 Å². The van der Waals surface area contributed by atoms with Crippen molar-refractivity contribution in [2.45, 2.75) is 6.61 Å². The molecule has 0 atom stereocenters. The standard InChI is InChI=1S/C23H15N3O5/c27-26(28)18-8-5-16(6-9-18)22-24-23(31-25-22)21-12-11-20(30-21)14-29-19-10-7-15-3-1-2-4-17(15)13-19/h1-13H,14H2. The lowest BCUT2D eigenvalue weighted by Crippen LogP contribution is -1.93. The van der Waals surface area contributed by atoms with Gasteiger partial charge in [0.2, 0.25) is 5.82 Å². The zero-order chi connectivity index (χ0) is 21.2. The molecule has 0 amide bonds. The minimum Gasteiger partial charge on any atom is -0.486 e. The van der Waals surface area contributed by atoms with Crippen LogP contribution in [0.3, 0.4) is 0 Å². The maximum atomic E-state index is 10.8. The molecule has 0 spiro atoms. The Labute approximate surface area is 175 Å². The third-order valence-electron chi connectivity index (χ3n) is 4.74. The van der Waals surface area contributed by atoms with E-state index in [-0.39, 0.29) is 18.2 Å². The lowest BCUT2D eigenvalue weighted by atomic mass is 10.1. The molecule has 0 aliphatic heterocycles. The summed E-state index contributed by atoms with van der Waals surface area (Å²) in [6.07, 6.45) is 0. The van der Waals surface area contributed by atoms with Gasteiger partial charge in [0.25, 0.3) is 11.6 Å². The number of nitrogens with zero attached hydrogens (tertiary/aromatic N) is 3. The Morgan fingerprint density at radius 3 is 2.55 bits per heavy atom. The van der Waals surface area contributed by atoms with Gasteiger partial charge in [-0.15, -0.1) is 0 Å². The van der Waals surface area contributed by atoms with Crippen LogP contribution in [0, 0.1) is 10.1 Å². The number of hydrogen-bond acceptors (Lipinski definition) is 7. The SMILES string of the molecule is O=[N+]([O-])c1ccc(-c2noc(-c3ccc(COc4ccc5ccccc5c4)o3)n2)cc1. The number of furan rings is 1. The van der Waals surface area contributed by atoms with Crippen molar-refractivity contribution >= 4 is 16.5 Å². The number of fused-ring (bicyclic) bond motifs is 1. The van der Waals surface area contributed by atoms with Crippen LogP contribution < -0.4 is 4.74 Å². The number of non-ortho nitro benzene ring substituents is 1. The van der Waals surface area contributed by atoms with Gasteiger partial charge in [-0.25, -0.2) is 0 Å². The van der Waals surface area contributed by atoms with Gasteiger partial charge >= 0.3 is 0 Å². The molecule has 31 heavy (non-hydrogen) atoms. The molecule has 0 bridgehead atoms. The second-order valence-corrected chi connectivity index (χ2v) is 6.79. The normalized spacial score (nSPS) is 11.0. The smallest absolute Gasteiger partial charge is 0.293 e. The van der Waals surface area contributed by atoms with E-state index in [2.05, 4.69) is 10.1 Å². The van der Waals surface area contributed by atoms with Crippen molar-refractivity contribution in [1.29, 1.82) is 0 Å². The van der Waals surface area contributed by atoms with Crippen LogP contribution in [0.1, 0.15) is 5.76 Å². The largest absolute Gasteiger partial charge is 0.486 e. The molecule has 152 valence electrons. The zero-order valence-corrected chi connectivity index (χ0v) is 16.1. The Hall–Kier alpha value is -4.46. The van der Waals surface area contributed by atoms with E-state index in [0.29, 0.717) is 22.9 Å². The van der Waals surface area contributed by atoms with Crippen LogP contribution >= 0.6 is 0 Å². The second kappa shape index (κ2) is 7.75. The van der Waals surface area contributed by atoms with Crippen LogP contribution in [0.15, 0.2) is 87.8 Å². The van der Waals surface area contributed by atoms with Crippen molar-refractivity contribution in [3.8, 4) is 28.8 Å². The lowest BCUT2D eigenvalue weighted by Gasteiger charge is -2.05. The minimum absolute atomic E-state index is 0.00504. The average Bonchev–Trinajstić information content (AvgIpc) is 3.47. The molecular formula is C23H15N3O5. The minimum atomic E-state index is -0.462. The van der Waals surface area contributed by atoms with E-state index in [9.17, 15) is 10.1 Å². The van der Waals surface area contributed by atoms with Crippen LogP contribution in [0.25, 0.3) is 33.8 Å². The highest BCUT2D eigenvalue weighted by molar-refractivity contribution is 5.83. The molecule has 8 nitrogen and oxygen atoms in total. The molecule has 8 heteroatoms. The van der Waals surface area contributed by atoms with E-state index in [1.807, 2.05) is 42.5 Å². The summed E-state index contributed by atoms with van der Waals surface area (Å²) in [7, 11) is 0. The number of hydrogen-bond donors (Lipinski definition) is 0. The van der Waals surface area contributed by atoms with Gasteiger partial charge in [-0.05, 0) is 47.2 Å². The molecule has 0 saturated heterocycles. The first kappa shape index (κ1) is 18.6. The molecule has 0 aliphatic carbocycles. The summed E-state index contributed by atoms with van der Waals surface area (Å²) >= 11 is 0. The van der Waals surface area contributed by atoms with Crippen molar-refractivity contribution in [2.75, 3.05) is 0 Å². The molecular weight excluding hydrogens is 398 g/mol. The van der Waals surface area contributed by atoms with Crippen LogP contribution in [-0.2, 0) is 6.61 Å². The molecule has 0 aliphatic rings. The number of aromatic nitrogens is 2. The molecule has 0 saturated carbocycles.